The van der Waals surface area contributed by atoms with Crippen molar-refractivity contribution >= 4 is 15.9 Å². The lowest BCUT2D eigenvalue weighted by atomic mass is 10.1. The second kappa shape index (κ2) is 6.58. The Kier molecular flexibility index (Phi) is 5.07. The van der Waals surface area contributed by atoms with Crippen LogP contribution in [0.15, 0.2) is 12.1 Å². The highest BCUT2D eigenvalue weighted by molar-refractivity contribution is 9.08. The van der Waals surface area contributed by atoms with Gasteiger partial charge in [-0.1, -0.05) is 28.1 Å². The van der Waals surface area contributed by atoms with Gasteiger partial charge in [-0.15, -0.1) is 0 Å². The second-order valence-corrected chi connectivity index (χ2v) is 5.53. The van der Waals surface area contributed by atoms with Crippen molar-refractivity contribution in [1.82, 2.24) is 0 Å². The smallest absolute Gasteiger partial charge is 0.125 e. The number of alkyl halides is 1. The Morgan fingerprint density at radius 1 is 1.33 bits per heavy atom. The van der Waals surface area contributed by atoms with Crippen LogP contribution in [-0.4, -0.2) is 19.3 Å². The van der Waals surface area contributed by atoms with Crippen molar-refractivity contribution in [2.24, 2.45) is 0 Å². The minimum absolute atomic E-state index is 0.410. The van der Waals surface area contributed by atoms with Crippen molar-refractivity contribution in [3.63, 3.8) is 0 Å². The molecule has 0 bridgehead atoms. The van der Waals surface area contributed by atoms with Crippen molar-refractivity contribution < 1.29 is 9.47 Å². The van der Waals surface area contributed by atoms with Gasteiger partial charge in [0.05, 0.1) is 12.7 Å². The quantitative estimate of drug-likeness (QED) is 0.761. The van der Waals surface area contributed by atoms with E-state index in [9.17, 15) is 0 Å². The van der Waals surface area contributed by atoms with Crippen LogP contribution in [0.2, 0.25) is 0 Å². The third kappa shape index (κ3) is 3.48. The zero-order valence-corrected chi connectivity index (χ0v) is 12.8. The molecule has 1 unspecified atom stereocenters. The minimum atomic E-state index is 0.410. The largest absolute Gasteiger partial charge is 0.493 e. The van der Waals surface area contributed by atoms with Gasteiger partial charge in [0.15, 0.2) is 0 Å². The van der Waals surface area contributed by atoms with E-state index in [4.69, 9.17) is 9.47 Å². The Morgan fingerprint density at radius 3 is 2.61 bits per heavy atom. The molecule has 1 aliphatic rings. The van der Waals surface area contributed by atoms with Crippen molar-refractivity contribution in [3.8, 4) is 5.75 Å². The van der Waals surface area contributed by atoms with E-state index in [1.54, 1.807) is 0 Å². The Morgan fingerprint density at radius 2 is 2.06 bits per heavy atom. The molecule has 0 radical (unpaired) electrons. The van der Waals surface area contributed by atoms with Gasteiger partial charge in [0.1, 0.15) is 5.75 Å². The summed E-state index contributed by atoms with van der Waals surface area (Å²) >= 11 is 3.49. The SMILES string of the molecule is Cc1cc(CBr)cc(C)c1OCCC1CCCO1. The summed E-state index contributed by atoms with van der Waals surface area (Å²) in [5.41, 5.74) is 3.74. The first-order chi connectivity index (χ1) is 8.70. The summed E-state index contributed by atoms with van der Waals surface area (Å²) in [6.07, 6.45) is 3.79. The van der Waals surface area contributed by atoms with Gasteiger partial charge in [-0.25, -0.2) is 0 Å². The Bertz CT molecular complexity index is 374. The first-order valence-electron chi connectivity index (χ1n) is 6.61. The summed E-state index contributed by atoms with van der Waals surface area (Å²) in [5.74, 6) is 1.04. The Hall–Kier alpha value is -0.540. The van der Waals surface area contributed by atoms with E-state index in [0.717, 1.165) is 30.7 Å². The second-order valence-electron chi connectivity index (χ2n) is 4.96. The molecule has 1 saturated heterocycles. The summed E-state index contributed by atoms with van der Waals surface area (Å²) in [4.78, 5) is 0. The molecule has 1 aromatic carbocycles. The van der Waals surface area contributed by atoms with Gasteiger partial charge in [-0.3, -0.25) is 0 Å². The van der Waals surface area contributed by atoms with E-state index in [-0.39, 0.29) is 0 Å². The van der Waals surface area contributed by atoms with Crippen LogP contribution in [0.5, 0.6) is 5.75 Å². The van der Waals surface area contributed by atoms with Crippen LogP contribution in [0, 0.1) is 13.8 Å². The molecule has 0 spiro atoms. The Labute approximate surface area is 118 Å². The topological polar surface area (TPSA) is 18.5 Å². The average molecular weight is 313 g/mol. The molecule has 0 amide bonds. The third-order valence-electron chi connectivity index (χ3n) is 3.38. The standard InChI is InChI=1S/C15H21BrO2/c1-11-8-13(10-16)9-12(2)15(11)18-7-5-14-4-3-6-17-14/h8-9,14H,3-7,10H2,1-2H3. The van der Waals surface area contributed by atoms with Crippen LogP contribution in [0.4, 0.5) is 0 Å². The van der Waals surface area contributed by atoms with Crippen molar-refractivity contribution in [1.29, 1.82) is 0 Å². The number of halogens is 1. The average Bonchev–Trinajstić information content (AvgIpc) is 2.85. The lowest BCUT2D eigenvalue weighted by molar-refractivity contribution is 0.0901. The van der Waals surface area contributed by atoms with Gasteiger partial charge in [0.25, 0.3) is 0 Å². The molecule has 18 heavy (non-hydrogen) atoms. The van der Waals surface area contributed by atoms with Gasteiger partial charge < -0.3 is 9.47 Å². The van der Waals surface area contributed by atoms with E-state index in [1.165, 1.54) is 29.5 Å². The van der Waals surface area contributed by atoms with Crippen LogP contribution < -0.4 is 4.74 Å². The monoisotopic (exact) mass is 312 g/mol. The maximum Gasteiger partial charge on any atom is 0.125 e. The van der Waals surface area contributed by atoms with E-state index < -0.39 is 0 Å². The van der Waals surface area contributed by atoms with Gasteiger partial charge >= 0.3 is 0 Å². The molecular formula is C15H21BrO2. The summed E-state index contributed by atoms with van der Waals surface area (Å²) < 4.78 is 11.5. The summed E-state index contributed by atoms with van der Waals surface area (Å²) in [7, 11) is 0. The highest BCUT2D eigenvalue weighted by atomic mass is 79.9. The maximum absolute atomic E-state index is 5.93. The van der Waals surface area contributed by atoms with Gasteiger partial charge in [-0.05, 0) is 43.4 Å². The van der Waals surface area contributed by atoms with E-state index in [1.807, 2.05) is 0 Å². The lowest BCUT2D eigenvalue weighted by Gasteiger charge is -2.15. The predicted molar refractivity (Wildman–Crippen MR) is 77.6 cm³/mol. The molecule has 1 aliphatic heterocycles. The zero-order valence-electron chi connectivity index (χ0n) is 11.2. The number of rotatable bonds is 5. The maximum atomic E-state index is 5.93. The summed E-state index contributed by atoms with van der Waals surface area (Å²) in [6.45, 7) is 5.89. The van der Waals surface area contributed by atoms with Crippen LogP contribution in [0.3, 0.4) is 0 Å². The molecule has 1 heterocycles. The molecule has 0 saturated carbocycles. The van der Waals surface area contributed by atoms with E-state index in [2.05, 4.69) is 41.9 Å². The molecule has 1 fully saturated rings. The number of aryl methyl sites for hydroxylation is 2. The van der Waals surface area contributed by atoms with Crippen LogP contribution >= 0.6 is 15.9 Å². The fourth-order valence-corrected chi connectivity index (χ4v) is 2.83. The van der Waals surface area contributed by atoms with E-state index in [0.29, 0.717) is 6.10 Å². The van der Waals surface area contributed by atoms with Crippen LogP contribution in [-0.2, 0) is 10.1 Å². The summed E-state index contributed by atoms with van der Waals surface area (Å²) in [6, 6.07) is 4.37. The molecule has 2 rings (SSSR count). The number of hydrogen-bond donors (Lipinski definition) is 0. The van der Waals surface area contributed by atoms with Crippen LogP contribution in [0.1, 0.15) is 36.0 Å². The molecule has 0 aromatic heterocycles. The molecular weight excluding hydrogens is 292 g/mol. The lowest BCUT2D eigenvalue weighted by Crippen LogP contribution is -2.11. The molecule has 100 valence electrons. The molecule has 2 nitrogen and oxygen atoms in total. The van der Waals surface area contributed by atoms with Crippen molar-refractivity contribution in [3.05, 3.63) is 28.8 Å². The molecule has 0 N–H and O–H groups in total. The molecule has 1 aromatic rings. The summed E-state index contributed by atoms with van der Waals surface area (Å²) in [5, 5.41) is 0.894. The van der Waals surface area contributed by atoms with Gasteiger partial charge in [0.2, 0.25) is 0 Å². The zero-order chi connectivity index (χ0) is 13.0. The fourth-order valence-electron chi connectivity index (χ4n) is 2.51. The minimum Gasteiger partial charge on any atom is -0.493 e. The molecule has 1 atom stereocenters. The first-order valence-corrected chi connectivity index (χ1v) is 7.73. The number of hydrogen-bond acceptors (Lipinski definition) is 2. The highest BCUT2D eigenvalue weighted by Gasteiger charge is 2.15. The fraction of sp³-hybridized carbons (Fsp3) is 0.600. The number of benzene rings is 1. The van der Waals surface area contributed by atoms with Gasteiger partial charge in [-0.2, -0.15) is 0 Å². The van der Waals surface area contributed by atoms with Crippen molar-refractivity contribution in [2.75, 3.05) is 13.2 Å². The van der Waals surface area contributed by atoms with Crippen molar-refractivity contribution in [2.45, 2.75) is 44.5 Å². The van der Waals surface area contributed by atoms with Crippen LogP contribution in [0.25, 0.3) is 0 Å². The third-order valence-corrected chi connectivity index (χ3v) is 4.03. The Balaban J connectivity index is 1.92. The highest BCUT2D eigenvalue weighted by Crippen LogP contribution is 2.26. The molecule has 0 aliphatic carbocycles. The normalized spacial score (nSPS) is 19.2. The number of ether oxygens (including phenoxy) is 2. The van der Waals surface area contributed by atoms with E-state index >= 15 is 0 Å². The predicted octanol–water partition coefficient (Wildman–Crippen LogP) is 4.15. The van der Waals surface area contributed by atoms with Gasteiger partial charge in [0, 0.05) is 18.4 Å². The molecule has 3 heteroatoms. The first kappa shape index (κ1) is 13.9.